The molecule has 0 saturated carbocycles. The Balaban J connectivity index is 1.89. The second-order valence-corrected chi connectivity index (χ2v) is 7.41. The van der Waals surface area contributed by atoms with Crippen molar-refractivity contribution in [3.05, 3.63) is 85.0 Å². The molecule has 0 aliphatic carbocycles. The maximum atomic E-state index is 12.8. The molecule has 0 atom stereocenters. The van der Waals surface area contributed by atoms with Crippen molar-refractivity contribution in [2.24, 2.45) is 0 Å². The monoisotopic (exact) mass is 462 g/mol. The SMILES string of the molecule is CCN(C(=O)COc1ccc(Cl)cc1Cl)c1c(N)n(Cc2ccccc2)c(=O)[nH]c1=O. The largest absolute Gasteiger partial charge is 0.482 e. The van der Waals surface area contributed by atoms with Crippen molar-refractivity contribution in [1.29, 1.82) is 0 Å². The van der Waals surface area contributed by atoms with Crippen LogP contribution in [0.2, 0.25) is 10.0 Å². The first kappa shape index (κ1) is 22.5. The lowest BCUT2D eigenvalue weighted by Crippen LogP contribution is -2.42. The first-order valence-corrected chi connectivity index (χ1v) is 10.1. The van der Waals surface area contributed by atoms with E-state index in [-0.39, 0.29) is 35.4 Å². The van der Waals surface area contributed by atoms with Crippen LogP contribution in [-0.2, 0) is 11.3 Å². The summed E-state index contributed by atoms with van der Waals surface area (Å²) in [5.74, 6) is -0.376. The van der Waals surface area contributed by atoms with Crippen molar-refractivity contribution >= 4 is 40.6 Å². The van der Waals surface area contributed by atoms with Crippen molar-refractivity contribution in [2.45, 2.75) is 13.5 Å². The molecule has 1 aromatic heterocycles. The molecule has 3 aromatic rings. The minimum Gasteiger partial charge on any atom is -0.482 e. The second-order valence-electron chi connectivity index (χ2n) is 6.57. The molecule has 2 aromatic carbocycles. The average Bonchev–Trinajstić information content (AvgIpc) is 2.74. The highest BCUT2D eigenvalue weighted by atomic mass is 35.5. The fraction of sp³-hybridized carbons (Fsp3) is 0.190. The van der Waals surface area contributed by atoms with Crippen LogP contribution in [0.3, 0.4) is 0 Å². The molecule has 0 aliphatic rings. The summed E-state index contributed by atoms with van der Waals surface area (Å²) in [6, 6.07) is 13.7. The van der Waals surface area contributed by atoms with Crippen molar-refractivity contribution < 1.29 is 9.53 Å². The van der Waals surface area contributed by atoms with Gasteiger partial charge in [0.15, 0.2) is 12.3 Å². The Morgan fingerprint density at radius 1 is 1.16 bits per heavy atom. The van der Waals surface area contributed by atoms with Gasteiger partial charge in [-0.3, -0.25) is 19.1 Å². The van der Waals surface area contributed by atoms with Crippen LogP contribution in [0.15, 0.2) is 58.1 Å². The van der Waals surface area contributed by atoms with Gasteiger partial charge in [-0.1, -0.05) is 53.5 Å². The maximum absolute atomic E-state index is 12.8. The Morgan fingerprint density at radius 3 is 2.52 bits per heavy atom. The number of likely N-dealkylation sites (N-methyl/N-ethyl adjacent to an activating group) is 1. The Hall–Kier alpha value is -3.23. The summed E-state index contributed by atoms with van der Waals surface area (Å²) in [5.41, 5.74) is 5.44. The number of carbonyl (C=O) groups excluding carboxylic acids is 1. The third-order valence-corrected chi connectivity index (χ3v) is 5.06. The molecule has 3 N–H and O–H groups in total. The van der Waals surface area contributed by atoms with Crippen molar-refractivity contribution in [3.63, 3.8) is 0 Å². The second kappa shape index (κ2) is 9.72. The lowest BCUT2D eigenvalue weighted by atomic mass is 10.2. The first-order chi connectivity index (χ1) is 14.8. The van der Waals surface area contributed by atoms with Gasteiger partial charge in [-0.25, -0.2) is 4.79 Å². The molecule has 0 fully saturated rings. The fourth-order valence-corrected chi connectivity index (χ4v) is 3.49. The predicted molar refractivity (Wildman–Crippen MR) is 121 cm³/mol. The minimum atomic E-state index is -0.758. The number of hydrogen-bond acceptors (Lipinski definition) is 5. The molecule has 0 radical (unpaired) electrons. The van der Waals surface area contributed by atoms with Gasteiger partial charge >= 0.3 is 5.69 Å². The normalized spacial score (nSPS) is 10.7. The molecule has 3 rings (SSSR count). The summed E-state index contributed by atoms with van der Waals surface area (Å²) in [6.45, 7) is 1.55. The van der Waals surface area contributed by atoms with Gasteiger partial charge in [-0.15, -0.1) is 0 Å². The van der Waals surface area contributed by atoms with Crippen LogP contribution < -0.4 is 26.6 Å². The van der Waals surface area contributed by atoms with Gasteiger partial charge in [0.25, 0.3) is 11.5 Å². The molecule has 31 heavy (non-hydrogen) atoms. The topological polar surface area (TPSA) is 110 Å². The van der Waals surface area contributed by atoms with E-state index in [1.54, 1.807) is 13.0 Å². The van der Waals surface area contributed by atoms with E-state index in [2.05, 4.69) is 4.98 Å². The van der Waals surface area contributed by atoms with E-state index in [1.165, 1.54) is 21.6 Å². The number of aromatic nitrogens is 2. The highest BCUT2D eigenvalue weighted by molar-refractivity contribution is 6.35. The van der Waals surface area contributed by atoms with Crippen molar-refractivity contribution in [3.8, 4) is 5.75 Å². The van der Waals surface area contributed by atoms with Crippen LogP contribution in [0.4, 0.5) is 11.5 Å². The molecule has 10 heteroatoms. The number of carbonyl (C=O) groups is 1. The number of anilines is 2. The highest BCUT2D eigenvalue weighted by Crippen LogP contribution is 2.27. The van der Waals surface area contributed by atoms with Crippen LogP contribution in [0.25, 0.3) is 0 Å². The number of nitrogen functional groups attached to an aromatic ring is 1. The summed E-state index contributed by atoms with van der Waals surface area (Å²) < 4.78 is 6.69. The van der Waals surface area contributed by atoms with Gasteiger partial charge in [-0.2, -0.15) is 0 Å². The van der Waals surface area contributed by atoms with E-state index in [9.17, 15) is 14.4 Å². The minimum absolute atomic E-state index is 0.114. The fourth-order valence-electron chi connectivity index (χ4n) is 3.03. The number of hydrogen-bond donors (Lipinski definition) is 2. The third-order valence-electron chi connectivity index (χ3n) is 4.53. The van der Waals surface area contributed by atoms with Crippen LogP contribution in [0, 0.1) is 0 Å². The molecule has 1 amide bonds. The van der Waals surface area contributed by atoms with Crippen LogP contribution in [-0.4, -0.2) is 28.6 Å². The molecular weight excluding hydrogens is 443 g/mol. The van der Waals surface area contributed by atoms with Gasteiger partial charge in [0.1, 0.15) is 11.6 Å². The Kier molecular flexibility index (Phi) is 7.04. The first-order valence-electron chi connectivity index (χ1n) is 9.36. The summed E-state index contributed by atoms with van der Waals surface area (Å²) >= 11 is 11.9. The Labute approximate surface area is 187 Å². The molecule has 162 valence electrons. The molecule has 0 saturated heterocycles. The number of nitrogens with zero attached hydrogens (tertiary/aromatic N) is 2. The van der Waals surface area contributed by atoms with E-state index >= 15 is 0 Å². The van der Waals surface area contributed by atoms with Gasteiger partial charge in [-0.05, 0) is 30.7 Å². The summed E-state index contributed by atoms with van der Waals surface area (Å²) in [5, 5.41) is 0.677. The molecule has 8 nitrogen and oxygen atoms in total. The molecular formula is C21H20Cl2N4O4. The van der Waals surface area contributed by atoms with E-state index in [1.807, 2.05) is 30.3 Å². The van der Waals surface area contributed by atoms with E-state index in [0.29, 0.717) is 5.02 Å². The Morgan fingerprint density at radius 2 is 1.87 bits per heavy atom. The molecule has 0 bridgehead atoms. The lowest BCUT2D eigenvalue weighted by molar-refractivity contribution is -0.120. The summed E-state index contributed by atoms with van der Waals surface area (Å²) in [6.07, 6.45) is 0. The number of rotatable bonds is 7. The third kappa shape index (κ3) is 5.10. The maximum Gasteiger partial charge on any atom is 0.330 e. The van der Waals surface area contributed by atoms with E-state index in [4.69, 9.17) is 33.7 Å². The number of nitrogens with two attached hydrogens (primary N) is 1. The quantitative estimate of drug-likeness (QED) is 0.560. The van der Waals surface area contributed by atoms with E-state index in [0.717, 1.165) is 5.56 Å². The number of amides is 1. The average molecular weight is 463 g/mol. The number of H-pyrrole nitrogens is 1. The number of halogens is 2. The standard InChI is InChI=1S/C21H20Cl2N4O4/c1-2-26(17(28)12-31-16-9-8-14(22)10-15(16)23)18-19(24)27(21(30)25-20(18)29)11-13-6-4-3-5-7-13/h3-10H,2,11-12,24H2,1H3,(H,25,29,30). The number of nitrogens with one attached hydrogen (secondary N) is 1. The number of aromatic amines is 1. The zero-order valence-electron chi connectivity index (χ0n) is 16.6. The van der Waals surface area contributed by atoms with Gasteiger partial charge in [0.05, 0.1) is 11.6 Å². The van der Waals surface area contributed by atoms with Crippen LogP contribution >= 0.6 is 23.2 Å². The lowest BCUT2D eigenvalue weighted by Gasteiger charge is -2.23. The molecule has 1 heterocycles. The Bertz CT molecular complexity index is 1210. The zero-order valence-corrected chi connectivity index (χ0v) is 18.1. The van der Waals surface area contributed by atoms with Gasteiger partial charge in [0, 0.05) is 11.6 Å². The van der Waals surface area contributed by atoms with E-state index < -0.39 is 23.8 Å². The molecule has 0 aliphatic heterocycles. The molecule has 0 spiro atoms. The van der Waals surface area contributed by atoms with Gasteiger partial charge < -0.3 is 15.4 Å². The summed E-state index contributed by atoms with van der Waals surface area (Å²) in [4.78, 5) is 41.1. The van der Waals surface area contributed by atoms with Crippen molar-refractivity contribution in [1.82, 2.24) is 9.55 Å². The van der Waals surface area contributed by atoms with Gasteiger partial charge in [0.2, 0.25) is 0 Å². The smallest absolute Gasteiger partial charge is 0.330 e. The number of ether oxygens (including phenoxy) is 1. The molecule has 0 unspecified atom stereocenters. The number of benzene rings is 2. The highest BCUT2D eigenvalue weighted by Gasteiger charge is 2.23. The van der Waals surface area contributed by atoms with Crippen molar-refractivity contribution in [2.75, 3.05) is 23.8 Å². The predicted octanol–water partition coefficient (Wildman–Crippen LogP) is 2.91. The zero-order chi connectivity index (χ0) is 22.5. The van der Waals surface area contributed by atoms with Crippen LogP contribution in [0.5, 0.6) is 5.75 Å². The summed E-state index contributed by atoms with van der Waals surface area (Å²) in [7, 11) is 0. The van der Waals surface area contributed by atoms with Crippen LogP contribution in [0.1, 0.15) is 12.5 Å².